The highest BCUT2D eigenvalue weighted by atomic mass is 32.2. The number of ether oxygens (including phenoxy) is 1. The summed E-state index contributed by atoms with van der Waals surface area (Å²) in [5.41, 5.74) is 5.36. The molecule has 33 heavy (non-hydrogen) atoms. The molecule has 1 unspecified atom stereocenters. The molecule has 7 heteroatoms. The first-order valence-corrected chi connectivity index (χ1v) is 12.2. The highest BCUT2D eigenvalue weighted by Crippen LogP contribution is 2.36. The van der Waals surface area contributed by atoms with E-state index in [1.807, 2.05) is 61.7 Å². The minimum Gasteiger partial charge on any atom is -0.497 e. The Bertz CT molecular complexity index is 1370. The zero-order valence-electron chi connectivity index (χ0n) is 18.8. The number of carbonyl (C=O) groups is 1. The number of thiophene rings is 1. The van der Waals surface area contributed by atoms with Gasteiger partial charge in [-0.1, -0.05) is 42.1 Å². The Morgan fingerprint density at radius 3 is 2.64 bits per heavy atom. The lowest BCUT2D eigenvalue weighted by atomic mass is 10.0. The van der Waals surface area contributed by atoms with Gasteiger partial charge in [0.2, 0.25) is 5.91 Å². The molecule has 0 bridgehead atoms. The van der Waals surface area contributed by atoms with Crippen LogP contribution in [0.15, 0.2) is 58.9 Å². The number of rotatable bonds is 6. The van der Waals surface area contributed by atoms with Gasteiger partial charge in [0.15, 0.2) is 0 Å². The number of nitrogens with zero attached hydrogens (tertiary/aromatic N) is 2. The molecule has 2 heterocycles. The Labute approximate surface area is 201 Å². The van der Waals surface area contributed by atoms with Crippen LogP contribution in [0.2, 0.25) is 0 Å². The molecule has 0 aliphatic heterocycles. The lowest BCUT2D eigenvalue weighted by Gasteiger charge is -2.13. The van der Waals surface area contributed by atoms with E-state index in [4.69, 9.17) is 9.72 Å². The molecule has 1 atom stereocenters. The molecular weight excluding hydrogens is 450 g/mol. The Kier molecular flexibility index (Phi) is 6.68. The van der Waals surface area contributed by atoms with E-state index in [1.165, 1.54) is 23.1 Å². The Morgan fingerprint density at radius 2 is 1.94 bits per heavy atom. The van der Waals surface area contributed by atoms with Crippen LogP contribution in [0, 0.1) is 25.2 Å². The predicted octanol–water partition coefficient (Wildman–Crippen LogP) is 6.58. The average Bonchev–Trinajstić information content (AvgIpc) is 3.22. The molecule has 1 amide bonds. The van der Waals surface area contributed by atoms with E-state index in [2.05, 4.69) is 24.4 Å². The Morgan fingerprint density at radius 1 is 1.18 bits per heavy atom. The Hall–Kier alpha value is -3.34. The number of fused-ring (bicyclic) bond motifs is 1. The van der Waals surface area contributed by atoms with Gasteiger partial charge in [0.05, 0.1) is 28.5 Å². The van der Waals surface area contributed by atoms with Gasteiger partial charge in [-0.05, 0) is 55.7 Å². The summed E-state index contributed by atoms with van der Waals surface area (Å²) in [7, 11) is 1.61. The van der Waals surface area contributed by atoms with E-state index in [0.717, 1.165) is 43.9 Å². The van der Waals surface area contributed by atoms with E-state index in [-0.39, 0.29) is 11.2 Å². The number of thioether (sulfide) groups is 1. The van der Waals surface area contributed by atoms with Crippen molar-refractivity contribution in [3.63, 3.8) is 0 Å². The molecule has 0 radical (unpaired) electrons. The van der Waals surface area contributed by atoms with Crippen molar-refractivity contribution in [2.45, 2.75) is 31.0 Å². The highest BCUT2D eigenvalue weighted by Gasteiger charge is 2.20. The third kappa shape index (κ3) is 4.72. The maximum absolute atomic E-state index is 13.0. The molecule has 4 rings (SSSR count). The zero-order valence-corrected chi connectivity index (χ0v) is 20.4. The SMILES string of the molecule is COc1ccc(-c2csc(NC(=O)C(C)Sc3cc(C)c4cccc(C)c4n3)c2C#N)cc1. The van der Waals surface area contributed by atoms with Gasteiger partial charge in [-0.15, -0.1) is 11.3 Å². The number of anilines is 1. The first kappa shape index (κ1) is 22.8. The first-order valence-electron chi connectivity index (χ1n) is 10.4. The van der Waals surface area contributed by atoms with Crippen LogP contribution in [-0.4, -0.2) is 23.3 Å². The maximum atomic E-state index is 13.0. The van der Waals surface area contributed by atoms with Crippen LogP contribution < -0.4 is 10.1 Å². The predicted molar refractivity (Wildman–Crippen MR) is 136 cm³/mol. The standard InChI is InChI=1S/C26H23N3O2S2/c1-15-6-5-7-20-16(2)12-23(28-24(15)20)33-17(3)25(30)29-26-21(13-27)22(14-32-26)18-8-10-19(31-4)11-9-18/h5-12,14,17H,1-4H3,(H,29,30). The number of aromatic nitrogens is 1. The molecule has 0 spiro atoms. The number of methoxy groups -OCH3 is 1. The second-order valence-corrected chi connectivity index (χ2v) is 9.93. The summed E-state index contributed by atoms with van der Waals surface area (Å²) in [5.74, 6) is 0.587. The van der Waals surface area contributed by atoms with Gasteiger partial charge < -0.3 is 10.1 Å². The summed E-state index contributed by atoms with van der Waals surface area (Å²) >= 11 is 2.77. The summed E-state index contributed by atoms with van der Waals surface area (Å²) in [6.45, 7) is 5.95. The summed E-state index contributed by atoms with van der Waals surface area (Å²) < 4.78 is 5.21. The van der Waals surface area contributed by atoms with E-state index in [0.29, 0.717) is 10.6 Å². The summed E-state index contributed by atoms with van der Waals surface area (Å²) in [6.07, 6.45) is 0. The molecular formula is C26H23N3O2S2. The molecule has 0 aliphatic carbocycles. The van der Waals surface area contributed by atoms with Crippen LogP contribution in [0.4, 0.5) is 5.00 Å². The molecule has 2 aromatic carbocycles. The van der Waals surface area contributed by atoms with Gasteiger partial charge >= 0.3 is 0 Å². The maximum Gasteiger partial charge on any atom is 0.238 e. The molecule has 0 saturated heterocycles. The molecule has 4 aromatic rings. The first-order chi connectivity index (χ1) is 15.9. The van der Waals surface area contributed by atoms with Crippen LogP contribution >= 0.6 is 23.1 Å². The second-order valence-electron chi connectivity index (χ2n) is 7.69. The van der Waals surface area contributed by atoms with Crippen molar-refractivity contribution in [3.8, 4) is 22.9 Å². The highest BCUT2D eigenvalue weighted by molar-refractivity contribution is 8.00. The van der Waals surface area contributed by atoms with Crippen molar-refractivity contribution in [3.05, 3.63) is 70.6 Å². The fourth-order valence-electron chi connectivity index (χ4n) is 3.58. The lowest BCUT2D eigenvalue weighted by Crippen LogP contribution is -2.22. The summed E-state index contributed by atoms with van der Waals surface area (Å²) in [4.78, 5) is 17.7. The number of carbonyl (C=O) groups excluding carboxylic acids is 1. The third-order valence-electron chi connectivity index (χ3n) is 5.43. The normalized spacial score (nSPS) is 11.7. The number of nitrogens with one attached hydrogen (secondary N) is 1. The smallest absolute Gasteiger partial charge is 0.238 e. The van der Waals surface area contributed by atoms with Crippen LogP contribution in [0.1, 0.15) is 23.6 Å². The second kappa shape index (κ2) is 9.65. The van der Waals surface area contributed by atoms with E-state index in [9.17, 15) is 10.1 Å². The molecule has 0 saturated carbocycles. The molecule has 5 nitrogen and oxygen atoms in total. The number of nitriles is 1. The van der Waals surface area contributed by atoms with Crippen LogP contribution in [0.3, 0.4) is 0 Å². The van der Waals surface area contributed by atoms with Crippen LogP contribution in [0.5, 0.6) is 5.75 Å². The minimum atomic E-state index is -0.378. The average molecular weight is 474 g/mol. The number of benzene rings is 2. The van der Waals surface area contributed by atoms with E-state index >= 15 is 0 Å². The van der Waals surface area contributed by atoms with Crippen molar-refractivity contribution >= 4 is 44.9 Å². The third-order valence-corrected chi connectivity index (χ3v) is 7.35. The van der Waals surface area contributed by atoms with E-state index < -0.39 is 0 Å². The number of para-hydroxylation sites is 1. The quantitative estimate of drug-likeness (QED) is 0.320. The topological polar surface area (TPSA) is 75.0 Å². The number of aryl methyl sites for hydroxylation is 2. The molecule has 166 valence electrons. The number of hydrogen-bond acceptors (Lipinski definition) is 6. The van der Waals surface area contributed by atoms with Crippen molar-refractivity contribution in [1.29, 1.82) is 5.26 Å². The van der Waals surface area contributed by atoms with Gasteiger partial charge in [0.25, 0.3) is 0 Å². The molecule has 1 N–H and O–H groups in total. The van der Waals surface area contributed by atoms with Gasteiger partial charge in [0.1, 0.15) is 16.8 Å². The van der Waals surface area contributed by atoms with Gasteiger partial charge in [0, 0.05) is 16.3 Å². The Balaban J connectivity index is 1.53. The molecule has 2 aromatic heterocycles. The van der Waals surface area contributed by atoms with Crippen LogP contribution in [0.25, 0.3) is 22.0 Å². The monoisotopic (exact) mass is 473 g/mol. The summed E-state index contributed by atoms with van der Waals surface area (Å²) in [6, 6.07) is 17.9. The van der Waals surface area contributed by atoms with Crippen molar-refractivity contribution in [2.24, 2.45) is 0 Å². The number of hydrogen-bond donors (Lipinski definition) is 1. The fourth-order valence-corrected chi connectivity index (χ4v) is 5.42. The van der Waals surface area contributed by atoms with Gasteiger partial charge in [-0.25, -0.2) is 4.98 Å². The van der Waals surface area contributed by atoms with Crippen LogP contribution in [-0.2, 0) is 4.79 Å². The van der Waals surface area contributed by atoms with Gasteiger partial charge in [-0.2, -0.15) is 5.26 Å². The number of pyridine rings is 1. The summed E-state index contributed by atoms with van der Waals surface area (Å²) in [5, 5.41) is 16.7. The van der Waals surface area contributed by atoms with E-state index in [1.54, 1.807) is 7.11 Å². The molecule has 0 aliphatic rings. The number of amides is 1. The minimum absolute atomic E-state index is 0.163. The lowest BCUT2D eigenvalue weighted by molar-refractivity contribution is -0.115. The van der Waals surface area contributed by atoms with Gasteiger partial charge in [-0.3, -0.25) is 4.79 Å². The zero-order chi connectivity index (χ0) is 23.5. The fraction of sp³-hybridized carbons (Fsp3) is 0.192. The molecule has 0 fully saturated rings. The van der Waals surface area contributed by atoms with Crippen molar-refractivity contribution in [1.82, 2.24) is 4.98 Å². The van der Waals surface area contributed by atoms with Crippen molar-refractivity contribution in [2.75, 3.05) is 12.4 Å². The van der Waals surface area contributed by atoms with Crippen molar-refractivity contribution < 1.29 is 9.53 Å². The largest absolute Gasteiger partial charge is 0.497 e.